The van der Waals surface area contributed by atoms with Gasteiger partial charge in [0.05, 0.1) is 34.1 Å². The van der Waals surface area contributed by atoms with Gasteiger partial charge in [0.2, 0.25) is 0 Å². The number of amides is 1. The van der Waals surface area contributed by atoms with Crippen LogP contribution < -0.4 is 5.32 Å². The zero-order valence-corrected chi connectivity index (χ0v) is 13.9. The second-order valence-electron chi connectivity index (χ2n) is 5.87. The molecule has 0 saturated carbocycles. The number of carbonyl (C=O) groups is 1. The maximum Gasteiger partial charge on any atom is 0.255 e. The number of hydrogen-bond acceptors (Lipinski definition) is 4. The summed E-state index contributed by atoms with van der Waals surface area (Å²) in [5.74, 6) is -0.104. The zero-order chi connectivity index (χ0) is 16.6. The number of hydrogen-bond donors (Lipinski definition) is 1. The Labute approximate surface area is 135 Å². The Bertz CT molecular complexity index is 841. The molecule has 6 nitrogen and oxygen atoms in total. The standard InChI is InChI=1S/C16H19N3O3S/c1-11-15(16(20)17-13-8-9-23(21,22)10-13)12(2)19(18-11)14-6-4-3-5-7-14/h3-7,13H,8-10H2,1-2H3,(H,17,20)/t13-/m1/s1. The average molecular weight is 333 g/mol. The molecule has 1 N–H and O–H groups in total. The van der Waals surface area contributed by atoms with E-state index in [1.807, 2.05) is 37.3 Å². The minimum Gasteiger partial charge on any atom is -0.348 e. The van der Waals surface area contributed by atoms with Gasteiger partial charge in [-0.25, -0.2) is 13.1 Å². The van der Waals surface area contributed by atoms with Crippen molar-refractivity contribution >= 4 is 15.7 Å². The van der Waals surface area contributed by atoms with Gasteiger partial charge in [-0.05, 0) is 32.4 Å². The van der Waals surface area contributed by atoms with E-state index in [1.165, 1.54) is 0 Å². The fourth-order valence-corrected chi connectivity index (χ4v) is 4.63. The third-order valence-corrected chi connectivity index (χ3v) is 5.85. The summed E-state index contributed by atoms with van der Waals surface area (Å²) in [5, 5.41) is 7.27. The van der Waals surface area contributed by atoms with E-state index in [9.17, 15) is 13.2 Å². The van der Waals surface area contributed by atoms with E-state index in [-0.39, 0.29) is 23.5 Å². The fraction of sp³-hybridized carbons (Fsp3) is 0.375. The summed E-state index contributed by atoms with van der Waals surface area (Å²) < 4.78 is 24.8. The maximum absolute atomic E-state index is 12.5. The zero-order valence-electron chi connectivity index (χ0n) is 13.1. The molecular formula is C16H19N3O3S. The van der Waals surface area contributed by atoms with Gasteiger partial charge in [0, 0.05) is 6.04 Å². The lowest BCUT2D eigenvalue weighted by molar-refractivity contribution is 0.0940. The van der Waals surface area contributed by atoms with Gasteiger partial charge >= 0.3 is 0 Å². The number of sulfone groups is 1. The van der Waals surface area contributed by atoms with Crippen LogP contribution >= 0.6 is 0 Å². The van der Waals surface area contributed by atoms with Gasteiger partial charge in [0.15, 0.2) is 9.84 Å². The second kappa shape index (κ2) is 5.81. The van der Waals surface area contributed by atoms with Gasteiger partial charge in [-0.1, -0.05) is 18.2 Å². The molecule has 2 heterocycles. The van der Waals surface area contributed by atoms with Gasteiger partial charge < -0.3 is 5.32 Å². The molecule has 0 radical (unpaired) electrons. The van der Waals surface area contributed by atoms with Crippen molar-refractivity contribution < 1.29 is 13.2 Å². The van der Waals surface area contributed by atoms with E-state index in [4.69, 9.17) is 0 Å². The highest BCUT2D eigenvalue weighted by Gasteiger charge is 2.30. The minimum atomic E-state index is -3.02. The number of carbonyl (C=O) groups excluding carboxylic acids is 1. The highest BCUT2D eigenvalue weighted by atomic mass is 32.2. The first-order valence-corrected chi connectivity index (χ1v) is 9.32. The molecule has 0 bridgehead atoms. The highest BCUT2D eigenvalue weighted by Crippen LogP contribution is 2.19. The van der Waals surface area contributed by atoms with Crippen LogP contribution in [0.3, 0.4) is 0 Å². The lowest BCUT2D eigenvalue weighted by Crippen LogP contribution is -2.36. The number of rotatable bonds is 3. The lowest BCUT2D eigenvalue weighted by atomic mass is 10.1. The van der Waals surface area contributed by atoms with Gasteiger partial charge in [-0.15, -0.1) is 0 Å². The lowest BCUT2D eigenvalue weighted by Gasteiger charge is -2.11. The third kappa shape index (κ3) is 3.14. The number of benzene rings is 1. The predicted octanol–water partition coefficient (Wildman–Crippen LogP) is 1.41. The SMILES string of the molecule is Cc1nn(-c2ccccc2)c(C)c1C(=O)N[C@@H]1CCS(=O)(=O)C1. The smallest absolute Gasteiger partial charge is 0.255 e. The quantitative estimate of drug-likeness (QED) is 0.921. The molecule has 1 aromatic carbocycles. The summed E-state index contributed by atoms with van der Waals surface area (Å²) in [4.78, 5) is 12.5. The van der Waals surface area contributed by atoms with E-state index in [0.29, 0.717) is 17.7 Å². The van der Waals surface area contributed by atoms with Crippen molar-refractivity contribution in [3.8, 4) is 5.69 Å². The molecule has 1 aromatic heterocycles. The van der Waals surface area contributed by atoms with Crippen molar-refractivity contribution in [3.63, 3.8) is 0 Å². The molecule has 122 valence electrons. The maximum atomic E-state index is 12.5. The van der Waals surface area contributed by atoms with E-state index < -0.39 is 9.84 Å². The van der Waals surface area contributed by atoms with Gasteiger partial charge in [-0.2, -0.15) is 5.10 Å². The Morgan fingerprint density at radius 3 is 2.57 bits per heavy atom. The van der Waals surface area contributed by atoms with Crippen molar-refractivity contribution in [3.05, 3.63) is 47.3 Å². The van der Waals surface area contributed by atoms with Gasteiger partial charge in [0.25, 0.3) is 5.91 Å². The van der Waals surface area contributed by atoms with Crippen LogP contribution in [0, 0.1) is 13.8 Å². The van der Waals surface area contributed by atoms with Crippen LogP contribution in [0.5, 0.6) is 0 Å². The summed E-state index contributed by atoms with van der Waals surface area (Å²) in [6.45, 7) is 3.63. The molecule has 1 aliphatic rings. The summed E-state index contributed by atoms with van der Waals surface area (Å²) in [5.41, 5.74) is 2.77. The molecule has 1 fully saturated rings. The summed E-state index contributed by atoms with van der Waals surface area (Å²) in [6.07, 6.45) is 0.471. The number of aryl methyl sites for hydroxylation is 1. The monoisotopic (exact) mass is 333 g/mol. The predicted molar refractivity (Wildman–Crippen MR) is 87.6 cm³/mol. The van der Waals surface area contributed by atoms with Crippen molar-refractivity contribution in [2.75, 3.05) is 11.5 Å². The number of nitrogens with one attached hydrogen (secondary N) is 1. The van der Waals surface area contributed by atoms with Crippen molar-refractivity contribution in [1.82, 2.24) is 15.1 Å². The molecule has 23 heavy (non-hydrogen) atoms. The van der Waals surface area contributed by atoms with Gasteiger partial charge in [0.1, 0.15) is 0 Å². The first-order valence-electron chi connectivity index (χ1n) is 7.50. The fourth-order valence-electron chi connectivity index (χ4n) is 2.96. The number of nitrogens with zero attached hydrogens (tertiary/aromatic N) is 2. The summed E-state index contributed by atoms with van der Waals surface area (Å²) in [6, 6.07) is 9.27. The van der Waals surface area contributed by atoms with E-state index >= 15 is 0 Å². The second-order valence-corrected chi connectivity index (χ2v) is 8.10. The Balaban J connectivity index is 1.86. The molecule has 2 aromatic rings. The molecule has 0 spiro atoms. The molecular weight excluding hydrogens is 314 g/mol. The Kier molecular flexibility index (Phi) is 3.97. The molecule has 3 rings (SSSR count). The van der Waals surface area contributed by atoms with Crippen LogP contribution in [0.4, 0.5) is 0 Å². The first kappa shape index (κ1) is 15.7. The van der Waals surface area contributed by atoms with E-state index in [0.717, 1.165) is 11.4 Å². The molecule has 0 aliphatic carbocycles. The largest absolute Gasteiger partial charge is 0.348 e. The molecule has 0 unspecified atom stereocenters. The van der Waals surface area contributed by atoms with Crippen molar-refractivity contribution in [2.45, 2.75) is 26.3 Å². The molecule has 7 heteroatoms. The van der Waals surface area contributed by atoms with Crippen molar-refractivity contribution in [1.29, 1.82) is 0 Å². The van der Waals surface area contributed by atoms with E-state index in [1.54, 1.807) is 11.6 Å². The minimum absolute atomic E-state index is 0.0175. The normalized spacial score (nSPS) is 19.7. The highest BCUT2D eigenvalue weighted by molar-refractivity contribution is 7.91. The average Bonchev–Trinajstić information content (AvgIpc) is 2.99. The van der Waals surface area contributed by atoms with Gasteiger partial charge in [-0.3, -0.25) is 4.79 Å². The van der Waals surface area contributed by atoms with Crippen LogP contribution in [-0.2, 0) is 9.84 Å². The number of para-hydroxylation sites is 1. The Morgan fingerprint density at radius 2 is 1.96 bits per heavy atom. The van der Waals surface area contributed by atoms with Crippen LogP contribution in [-0.4, -0.2) is 41.7 Å². The van der Waals surface area contributed by atoms with Crippen LogP contribution in [0.1, 0.15) is 28.2 Å². The van der Waals surface area contributed by atoms with Crippen molar-refractivity contribution in [2.24, 2.45) is 0 Å². The Hall–Kier alpha value is -2.15. The van der Waals surface area contributed by atoms with E-state index in [2.05, 4.69) is 10.4 Å². The topological polar surface area (TPSA) is 81.1 Å². The molecule has 1 amide bonds. The molecule has 1 atom stereocenters. The summed E-state index contributed by atoms with van der Waals surface area (Å²) >= 11 is 0. The van der Waals surface area contributed by atoms with Crippen LogP contribution in [0.2, 0.25) is 0 Å². The number of aromatic nitrogens is 2. The first-order chi connectivity index (χ1) is 10.9. The third-order valence-electron chi connectivity index (χ3n) is 4.09. The summed E-state index contributed by atoms with van der Waals surface area (Å²) in [7, 11) is -3.02. The Morgan fingerprint density at radius 1 is 1.26 bits per heavy atom. The molecule has 1 aliphatic heterocycles. The van der Waals surface area contributed by atoms with Crippen LogP contribution in [0.15, 0.2) is 30.3 Å². The van der Waals surface area contributed by atoms with Crippen LogP contribution in [0.25, 0.3) is 5.69 Å². The molecule has 1 saturated heterocycles.